The summed E-state index contributed by atoms with van der Waals surface area (Å²) in [5.41, 5.74) is -1.37. The molecule has 1 heterocycles. The van der Waals surface area contributed by atoms with Gasteiger partial charge in [0.15, 0.2) is 5.54 Å². The summed E-state index contributed by atoms with van der Waals surface area (Å²) in [7, 11) is 0. The van der Waals surface area contributed by atoms with Crippen LogP contribution in [0.4, 0.5) is 13.2 Å². The Bertz CT molecular complexity index is 383. The first-order chi connectivity index (χ1) is 8.27. The van der Waals surface area contributed by atoms with Gasteiger partial charge in [-0.3, -0.25) is 5.32 Å². The summed E-state index contributed by atoms with van der Waals surface area (Å²) >= 11 is 1.21. The van der Waals surface area contributed by atoms with Crippen molar-refractivity contribution in [3.63, 3.8) is 0 Å². The SMILES string of the molecule is Cc1nsc(C)c1CNC(CO)(CO)C(F)(F)F. The van der Waals surface area contributed by atoms with Gasteiger partial charge in [-0.05, 0) is 25.4 Å². The number of rotatable bonds is 5. The third-order valence-electron chi connectivity index (χ3n) is 2.87. The Morgan fingerprint density at radius 3 is 2.11 bits per heavy atom. The molecule has 0 fully saturated rings. The number of aromatic nitrogens is 1. The topological polar surface area (TPSA) is 65.4 Å². The van der Waals surface area contributed by atoms with Crippen molar-refractivity contribution >= 4 is 11.5 Å². The number of nitrogens with one attached hydrogen (secondary N) is 1. The maximum absolute atomic E-state index is 12.8. The monoisotopic (exact) mass is 284 g/mol. The number of aliphatic hydroxyl groups is 2. The van der Waals surface area contributed by atoms with Crippen molar-refractivity contribution in [1.29, 1.82) is 0 Å². The number of aryl methyl sites for hydroxylation is 2. The normalized spacial score (nSPS) is 13.1. The Morgan fingerprint density at radius 2 is 1.78 bits per heavy atom. The molecule has 1 aromatic heterocycles. The van der Waals surface area contributed by atoms with Crippen LogP contribution in [0.5, 0.6) is 0 Å². The lowest BCUT2D eigenvalue weighted by Crippen LogP contribution is -2.61. The lowest BCUT2D eigenvalue weighted by atomic mass is 10.0. The minimum atomic E-state index is -4.73. The number of nitrogens with zero attached hydrogens (tertiary/aromatic N) is 1. The molecule has 3 N–H and O–H groups in total. The van der Waals surface area contributed by atoms with E-state index in [4.69, 9.17) is 10.2 Å². The molecule has 0 aromatic carbocycles. The van der Waals surface area contributed by atoms with Crippen molar-refractivity contribution in [3.05, 3.63) is 16.1 Å². The molecule has 0 saturated carbocycles. The maximum atomic E-state index is 12.8. The molecule has 1 rings (SSSR count). The molecule has 0 bridgehead atoms. The van der Waals surface area contributed by atoms with E-state index in [-0.39, 0.29) is 6.54 Å². The van der Waals surface area contributed by atoms with Gasteiger partial charge < -0.3 is 10.2 Å². The second kappa shape index (κ2) is 5.52. The number of aliphatic hydroxyl groups excluding tert-OH is 2. The molecule has 18 heavy (non-hydrogen) atoms. The van der Waals surface area contributed by atoms with Crippen molar-refractivity contribution in [2.24, 2.45) is 0 Å². The molecule has 0 saturated heterocycles. The molecule has 0 aliphatic rings. The number of halogens is 3. The lowest BCUT2D eigenvalue weighted by Gasteiger charge is -2.33. The zero-order valence-electron chi connectivity index (χ0n) is 10.0. The Labute approximate surface area is 107 Å². The van der Waals surface area contributed by atoms with Crippen LogP contribution in [0.25, 0.3) is 0 Å². The van der Waals surface area contributed by atoms with Crippen molar-refractivity contribution in [2.75, 3.05) is 13.2 Å². The van der Waals surface area contributed by atoms with Gasteiger partial charge in [0.2, 0.25) is 0 Å². The highest BCUT2D eigenvalue weighted by atomic mass is 32.1. The van der Waals surface area contributed by atoms with Crippen LogP contribution < -0.4 is 5.32 Å². The third-order valence-corrected chi connectivity index (χ3v) is 3.75. The van der Waals surface area contributed by atoms with Crippen LogP contribution in [-0.2, 0) is 6.54 Å². The van der Waals surface area contributed by atoms with Gasteiger partial charge in [0.05, 0.1) is 18.9 Å². The molecule has 1 aromatic rings. The Morgan fingerprint density at radius 1 is 1.22 bits per heavy atom. The highest BCUT2D eigenvalue weighted by Crippen LogP contribution is 2.30. The number of hydrogen-bond acceptors (Lipinski definition) is 5. The van der Waals surface area contributed by atoms with Crippen LogP contribution in [0.1, 0.15) is 16.1 Å². The summed E-state index contributed by atoms with van der Waals surface area (Å²) in [6.07, 6.45) is -4.73. The van der Waals surface area contributed by atoms with Crippen LogP contribution in [0.15, 0.2) is 0 Å². The van der Waals surface area contributed by atoms with Gasteiger partial charge in [-0.15, -0.1) is 0 Å². The van der Waals surface area contributed by atoms with E-state index in [2.05, 4.69) is 9.69 Å². The molecule has 0 aliphatic carbocycles. The van der Waals surface area contributed by atoms with E-state index in [9.17, 15) is 13.2 Å². The van der Waals surface area contributed by atoms with E-state index in [1.54, 1.807) is 13.8 Å². The molecule has 8 heteroatoms. The molecule has 104 valence electrons. The van der Waals surface area contributed by atoms with Gasteiger partial charge in [-0.25, -0.2) is 0 Å². The zero-order chi connectivity index (χ0) is 14.0. The predicted octanol–water partition coefficient (Wildman–Crippen LogP) is 1.14. The fourth-order valence-electron chi connectivity index (χ4n) is 1.45. The van der Waals surface area contributed by atoms with Crippen molar-refractivity contribution in [2.45, 2.75) is 32.1 Å². The number of hydrogen-bond donors (Lipinski definition) is 3. The molecule has 0 amide bonds. The third kappa shape index (κ3) is 2.82. The average molecular weight is 284 g/mol. The van der Waals surface area contributed by atoms with Crippen LogP contribution in [0, 0.1) is 13.8 Å². The second-order valence-electron chi connectivity index (χ2n) is 4.05. The van der Waals surface area contributed by atoms with Gasteiger partial charge in [0.1, 0.15) is 0 Å². The van der Waals surface area contributed by atoms with E-state index in [0.717, 1.165) is 4.88 Å². The summed E-state index contributed by atoms with van der Waals surface area (Å²) in [5, 5.41) is 20.0. The number of alkyl halides is 3. The first-order valence-corrected chi connectivity index (χ1v) is 6.00. The molecule has 0 unspecified atom stereocenters. The fraction of sp³-hybridized carbons (Fsp3) is 0.700. The van der Waals surface area contributed by atoms with Crippen molar-refractivity contribution < 1.29 is 23.4 Å². The van der Waals surface area contributed by atoms with Crippen LogP contribution in [0.3, 0.4) is 0 Å². The van der Waals surface area contributed by atoms with Gasteiger partial charge in [-0.2, -0.15) is 17.5 Å². The highest BCUT2D eigenvalue weighted by molar-refractivity contribution is 7.05. The lowest BCUT2D eigenvalue weighted by molar-refractivity contribution is -0.217. The standard InChI is InChI=1S/C10H15F3N2O2S/c1-6-8(7(2)18-15-6)3-14-9(4-16,5-17)10(11,12)13/h14,16-17H,3-5H2,1-2H3. The van der Waals surface area contributed by atoms with E-state index in [1.807, 2.05) is 0 Å². The molecule has 0 atom stereocenters. The first-order valence-electron chi connectivity index (χ1n) is 5.22. The molecule has 0 spiro atoms. The van der Waals surface area contributed by atoms with Gasteiger partial charge in [0.25, 0.3) is 0 Å². The van der Waals surface area contributed by atoms with E-state index in [0.29, 0.717) is 11.3 Å². The van der Waals surface area contributed by atoms with Crippen molar-refractivity contribution in [3.8, 4) is 0 Å². The van der Waals surface area contributed by atoms with Crippen LogP contribution >= 0.6 is 11.5 Å². The molecular weight excluding hydrogens is 269 g/mol. The Kier molecular flexibility index (Phi) is 4.71. The summed E-state index contributed by atoms with van der Waals surface area (Å²) in [6.45, 7) is 0.919. The fourth-order valence-corrected chi connectivity index (χ4v) is 2.17. The van der Waals surface area contributed by atoms with Gasteiger partial charge in [-0.1, -0.05) is 0 Å². The first kappa shape index (κ1) is 15.4. The van der Waals surface area contributed by atoms with Crippen LogP contribution in [0.2, 0.25) is 0 Å². The van der Waals surface area contributed by atoms with Crippen molar-refractivity contribution in [1.82, 2.24) is 9.69 Å². The Hall–Kier alpha value is -0.700. The summed E-state index contributed by atoms with van der Waals surface area (Å²) in [5.74, 6) is 0. The Balaban J connectivity index is 2.88. The largest absolute Gasteiger partial charge is 0.411 e. The van der Waals surface area contributed by atoms with Crippen LogP contribution in [-0.4, -0.2) is 39.5 Å². The molecule has 4 nitrogen and oxygen atoms in total. The summed E-state index contributed by atoms with van der Waals surface area (Å²) in [6, 6.07) is 0. The van der Waals surface area contributed by atoms with Gasteiger partial charge in [0, 0.05) is 17.0 Å². The summed E-state index contributed by atoms with van der Waals surface area (Å²) < 4.78 is 42.5. The molecular formula is C10H15F3N2O2S. The smallest absolute Gasteiger partial charge is 0.394 e. The quantitative estimate of drug-likeness (QED) is 0.758. The maximum Gasteiger partial charge on any atom is 0.411 e. The molecule has 0 aliphatic heterocycles. The summed E-state index contributed by atoms with van der Waals surface area (Å²) in [4.78, 5) is 0.812. The average Bonchev–Trinajstić information content (AvgIpc) is 2.60. The minimum absolute atomic E-state index is 0.102. The van der Waals surface area contributed by atoms with Gasteiger partial charge >= 0.3 is 6.18 Å². The minimum Gasteiger partial charge on any atom is -0.394 e. The molecule has 0 radical (unpaired) electrons. The van der Waals surface area contributed by atoms with E-state index < -0.39 is 24.9 Å². The second-order valence-corrected chi connectivity index (χ2v) is 5.03. The van der Waals surface area contributed by atoms with E-state index in [1.165, 1.54) is 11.5 Å². The van der Waals surface area contributed by atoms with E-state index >= 15 is 0 Å². The zero-order valence-corrected chi connectivity index (χ0v) is 10.8. The highest BCUT2D eigenvalue weighted by Gasteiger charge is 2.54. The predicted molar refractivity (Wildman–Crippen MR) is 61.4 cm³/mol.